The molecule has 0 aliphatic carbocycles. The number of aryl methyl sites for hydroxylation is 3. The van der Waals surface area contributed by atoms with Gasteiger partial charge in [0.05, 0.1) is 0 Å². The summed E-state index contributed by atoms with van der Waals surface area (Å²) in [6, 6.07) is 5.85. The van der Waals surface area contributed by atoms with Gasteiger partial charge in [-0.1, -0.05) is 18.5 Å². The maximum absolute atomic E-state index is 12.1. The van der Waals surface area contributed by atoms with Crippen molar-refractivity contribution in [2.24, 2.45) is 0 Å². The third-order valence-corrected chi connectivity index (χ3v) is 4.71. The summed E-state index contributed by atoms with van der Waals surface area (Å²) in [7, 11) is 0. The predicted octanol–water partition coefficient (Wildman–Crippen LogP) is 3.64. The first-order valence-corrected chi connectivity index (χ1v) is 8.99. The van der Waals surface area contributed by atoms with Gasteiger partial charge in [-0.3, -0.25) is 4.79 Å². The highest BCUT2D eigenvalue weighted by molar-refractivity contribution is 6.31. The largest absolute Gasteiger partial charge is 0.358 e. The Hall–Kier alpha value is -2.27. The van der Waals surface area contributed by atoms with E-state index in [4.69, 9.17) is 11.6 Å². The highest BCUT2D eigenvalue weighted by Gasteiger charge is 2.10. The van der Waals surface area contributed by atoms with E-state index in [9.17, 15) is 4.79 Å². The van der Waals surface area contributed by atoms with Crippen molar-refractivity contribution in [2.75, 3.05) is 6.54 Å². The fourth-order valence-electron chi connectivity index (χ4n) is 3.17. The SMILES string of the molecule is CCc1nccn1CCC(=O)NCCc1c(C)[nH]c2ccc(Cl)cc12. The van der Waals surface area contributed by atoms with Gasteiger partial charge in [-0.25, -0.2) is 4.98 Å². The number of fused-ring (bicyclic) bond motifs is 1. The van der Waals surface area contributed by atoms with Crippen molar-refractivity contribution >= 4 is 28.4 Å². The Morgan fingerprint density at radius 1 is 1.40 bits per heavy atom. The summed E-state index contributed by atoms with van der Waals surface area (Å²) >= 11 is 6.11. The normalized spacial score (nSPS) is 11.2. The molecule has 6 heteroatoms. The van der Waals surface area contributed by atoms with Crippen LogP contribution in [0.2, 0.25) is 5.02 Å². The number of hydrogen-bond donors (Lipinski definition) is 2. The van der Waals surface area contributed by atoms with Crippen LogP contribution in [0.5, 0.6) is 0 Å². The number of imidazole rings is 1. The van der Waals surface area contributed by atoms with Crippen molar-refractivity contribution in [1.82, 2.24) is 19.9 Å². The minimum absolute atomic E-state index is 0.0614. The number of nitrogens with zero attached hydrogens (tertiary/aromatic N) is 2. The van der Waals surface area contributed by atoms with E-state index in [1.165, 1.54) is 5.56 Å². The van der Waals surface area contributed by atoms with Gasteiger partial charge < -0.3 is 14.9 Å². The maximum Gasteiger partial charge on any atom is 0.221 e. The average molecular weight is 359 g/mol. The summed E-state index contributed by atoms with van der Waals surface area (Å²) in [4.78, 5) is 19.7. The number of amides is 1. The van der Waals surface area contributed by atoms with Crippen LogP contribution >= 0.6 is 11.6 Å². The molecule has 0 saturated carbocycles. The van der Waals surface area contributed by atoms with Crippen LogP contribution in [0, 0.1) is 6.92 Å². The Labute approximate surface area is 152 Å². The van der Waals surface area contributed by atoms with E-state index in [0.717, 1.165) is 40.3 Å². The van der Waals surface area contributed by atoms with Gasteiger partial charge in [0.2, 0.25) is 5.91 Å². The highest BCUT2D eigenvalue weighted by Crippen LogP contribution is 2.25. The van der Waals surface area contributed by atoms with Gasteiger partial charge >= 0.3 is 0 Å². The van der Waals surface area contributed by atoms with Crippen LogP contribution in [0.25, 0.3) is 10.9 Å². The zero-order valence-corrected chi connectivity index (χ0v) is 15.4. The lowest BCUT2D eigenvalue weighted by atomic mass is 10.1. The number of benzene rings is 1. The molecule has 0 aliphatic heterocycles. The first kappa shape index (κ1) is 17.5. The summed E-state index contributed by atoms with van der Waals surface area (Å²) < 4.78 is 2.03. The van der Waals surface area contributed by atoms with Crippen molar-refractivity contribution < 1.29 is 4.79 Å². The van der Waals surface area contributed by atoms with Crippen LogP contribution in [-0.2, 0) is 24.2 Å². The molecular weight excluding hydrogens is 336 g/mol. The molecular formula is C19H23ClN4O. The number of aromatic amines is 1. The van der Waals surface area contributed by atoms with Crippen LogP contribution in [-0.4, -0.2) is 27.0 Å². The summed E-state index contributed by atoms with van der Waals surface area (Å²) in [5, 5.41) is 4.86. The quantitative estimate of drug-likeness (QED) is 0.677. The summed E-state index contributed by atoms with van der Waals surface area (Å²) in [5.74, 6) is 1.07. The molecule has 5 nitrogen and oxygen atoms in total. The molecule has 0 bridgehead atoms. The van der Waals surface area contributed by atoms with Crippen LogP contribution < -0.4 is 5.32 Å². The maximum atomic E-state index is 12.1. The molecule has 132 valence electrons. The van der Waals surface area contributed by atoms with Crippen LogP contribution in [0.4, 0.5) is 0 Å². The summed E-state index contributed by atoms with van der Waals surface area (Å²) in [6.07, 6.45) is 5.81. The number of carbonyl (C=O) groups is 1. The molecule has 0 unspecified atom stereocenters. The van der Waals surface area contributed by atoms with E-state index >= 15 is 0 Å². The number of halogens is 1. The second-order valence-corrected chi connectivity index (χ2v) is 6.60. The van der Waals surface area contributed by atoms with Crippen molar-refractivity contribution in [3.63, 3.8) is 0 Å². The molecule has 0 spiro atoms. The second-order valence-electron chi connectivity index (χ2n) is 6.16. The first-order valence-electron chi connectivity index (χ1n) is 8.62. The van der Waals surface area contributed by atoms with E-state index in [0.29, 0.717) is 19.5 Å². The Morgan fingerprint density at radius 2 is 2.24 bits per heavy atom. The van der Waals surface area contributed by atoms with E-state index < -0.39 is 0 Å². The highest BCUT2D eigenvalue weighted by atomic mass is 35.5. The second kappa shape index (κ2) is 7.74. The number of H-pyrrole nitrogens is 1. The molecule has 1 aromatic carbocycles. The van der Waals surface area contributed by atoms with E-state index in [2.05, 4.69) is 29.1 Å². The van der Waals surface area contributed by atoms with E-state index in [-0.39, 0.29) is 5.91 Å². The third kappa shape index (κ3) is 4.04. The Balaban J connectivity index is 1.53. The monoisotopic (exact) mass is 358 g/mol. The number of carbonyl (C=O) groups excluding carboxylic acids is 1. The molecule has 3 aromatic rings. The first-order chi connectivity index (χ1) is 12.1. The topological polar surface area (TPSA) is 62.7 Å². The van der Waals surface area contributed by atoms with Gasteiger partial charge in [-0.15, -0.1) is 0 Å². The fraction of sp³-hybridized carbons (Fsp3) is 0.368. The summed E-state index contributed by atoms with van der Waals surface area (Å²) in [6.45, 7) is 5.39. The third-order valence-electron chi connectivity index (χ3n) is 4.48. The van der Waals surface area contributed by atoms with Gasteiger partial charge in [0.1, 0.15) is 5.82 Å². The Kier molecular flexibility index (Phi) is 5.43. The lowest BCUT2D eigenvalue weighted by molar-refractivity contribution is -0.121. The lowest BCUT2D eigenvalue weighted by Crippen LogP contribution is -2.26. The van der Waals surface area contributed by atoms with Crippen LogP contribution in [0.3, 0.4) is 0 Å². The van der Waals surface area contributed by atoms with Crippen LogP contribution in [0.15, 0.2) is 30.6 Å². The van der Waals surface area contributed by atoms with Gasteiger partial charge in [0.25, 0.3) is 0 Å². The van der Waals surface area contributed by atoms with Crippen molar-refractivity contribution in [1.29, 1.82) is 0 Å². The standard InChI is InChI=1S/C19H23ClN4O/c1-3-18-21-9-11-24(18)10-7-19(25)22-8-6-15-13(2)23-17-5-4-14(20)12-16(15)17/h4-5,9,11-12,23H,3,6-8,10H2,1-2H3,(H,22,25). The zero-order valence-electron chi connectivity index (χ0n) is 14.6. The zero-order chi connectivity index (χ0) is 17.8. The minimum atomic E-state index is 0.0614. The van der Waals surface area contributed by atoms with Crippen molar-refractivity contribution in [3.8, 4) is 0 Å². The molecule has 0 fully saturated rings. The molecule has 25 heavy (non-hydrogen) atoms. The number of hydrogen-bond acceptors (Lipinski definition) is 2. The number of aromatic nitrogens is 3. The van der Waals surface area contributed by atoms with Gasteiger partial charge in [-0.2, -0.15) is 0 Å². The smallest absolute Gasteiger partial charge is 0.221 e. The molecule has 1 amide bonds. The molecule has 0 aliphatic rings. The minimum Gasteiger partial charge on any atom is -0.358 e. The lowest BCUT2D eigenvalue weighted by Gasteiger charge is -2.08. The Bertz CT molecular complexity index is 881. The van der Waals surface area contributed by atoms with Crippen molar-refractivity contribution in [3.05, 3.63) is 52.7 Å². The summed E-state index contributed by atoms with van der Waals surface area (Å²) in [5.41, 5.74) is 3.41. The van der Waals surface area contributed by atoms with Gasteiger partial charge in [-0.05, 0) is 37.1 Å². The van der Waals surface area contributed by atoms with Crippen molar-refractivity contribution in [2.45, 2.75) is 39.7 Å². The molecule has 0 atom stereocenters. The molecule has 0 radical (unpaired) electrons. The molecule has 2 aromatic heterocycles. The van der Waals surface area contributed by atoms with Crippen LogP contribution in [0.1, 0.15) is 30.4 Å². The molecule has 3 rings (SSSR count). The molecule has 2 heterocycles. The van der Waals surface area contributed by atoms with E-state index in [1.807, 2.05) is 29.0 Å². The molecule has 0 saturated heterocycles. The fourth-order valence-corrected chi connectivity index (χ4v) is 3.34. The van der Waals surface area contributed by atoms with Gasteiger partial charge in [0.15, 0.2) is 0 Å². The van der Waals surface area contributed by atoms with Gasteiger partial charge in [0, 0.05) is 59.9 Å². The number of rotatable bonds is 7. The Morgan fingerprint density at radius 3 is 3.04 bits per heavy atom. The predicted molar refractivity (Wildman–Crippen MR) is 101 cm³/mol. The van der Waals surface area contributed by atoms with E-state index in [1.54, 1.807) is 6.20 Å². The average Bonchev–Trinajstić information content (AvgIpc) is 3.17. The number of nitrogens with one attached hydrogen (secondary N) is 2. The molecule has 2 N–H and O–H groups in total.